The first-order valence-corrected chi connectivity index (χ1v) is 12.3. The number of oxazole rings is 1. The van der Waals surface area contributed by atoms with Crippen LogP contribution in [0, 0.1) is 0 Å². The predicted octanol–water partition coefficient (Wildman–Crippen LogP) is 5.57. The Balaban J connectivity index is 1.60. The Morgan fingerprint density at radius 2 is 1.92 bits per heavy atom. The van der Waals surface area contributed by atoms with Gasteiger partial charge in [-0.3, -0.25) is 4.79 Å². The summed E-state index contributed by atoms with van der Waals surface area (Å²) in [5, 5.41) is 3.71. The molecule has 2 aromatic carbocycles. The summed E-state index contributed by atoms with van der Waals surface area (Å²) in [4.78, 5) is 21.3. The van der Waals surface area contributed by atoms with E-state index in [2.05, 4.69) is 15.1 Å². The minimum atomic E-state index is -4.82. The minimum Gasteiger partial charge on any atom is -0.494 e. The van der Waals surface area contributed by atoms with Gasteiger partial charge < -0.3 is 23.6 Å². The zero-order valence-electron chi connectivity index (χ0n) is 20.7. The molecule has 0 spiro atoms. The molecule has 39 heavy (non-hydrogen) atoms. The van der Waals surface area contributed by atoms with Gasteiger partial charge >= 0.3 is 6.18 Å². The number of para-hydroxylation sites is 1. The molecular weight excluding hydrogens is 517 g/mol. The number of aromatic amines is 1. The van der Waals surface area contributed by atoms with Crippen LogP contribution in [0.25, 0.3) is 39.3 Å². The SMILES string of the molecule is COc1cccc2oc(-c3c(COC4CCCCO4)[nH]c4c(-c5ccccc5)c(C(F)(F)F)nn4c3=O)nc12. The maximum absolute atomic E-state index is 14.2. The van der Waals surface area contributed by atoms with Gasteiger partial charge in [-0.1, -0.05) is 36.4 Å². The van der Waals surface area contributed by atoms with E-state index in [1.54, 1.807) is 36.4 Å². The van der Waals surface area contributed by atoms with Crippen molar-refractivity contribution in [3.05, 3.63) is 70.3 Å². The van der Waals surface area contributed by atoms with Crippen LogP contribution < -0.4 is 10.3 Å². The average Bonchev–Trinajstić information content (AvgIpc) is 3.55. The Labute approximate surface area is 219 Å². The first kappa shape index (κ1) is 25.1. The monoisotopic (exact) mass is 540 g/mol. The number of ether oxygens (including phenoxy) is 3. The highest BCUT2D eigenvalue weighted by molar-refractivity contribution is 5.84. The van der Waals surface area contributed by atoms with Gasteiger partial charge in [0.1, 0.15) is 17.0 Å². The highest BCUT2D eigenvalue weighted by Crippen LogP contribution is 2.39. The number of halogens is 3. The number of benzene rings is 2. The third-order valence-corrected chi connectivity index (χ3v) is 6.56. The standard InChI is InChI=1S/C27H23F3N4O5/c1-36-17-10-7-11-18-22(17)32-25(39-18)21-16(14-38-19-12-5-6-13-37-19)31-24-20(15-8-3-2-4-9-15)23(27(28,29)30)33-34(24)26(21)35/h2-4,7-11,19,31H,5-6,12-14H2,1H3. The number of nitrogens with zero attached hydrogens (tertiary/aromatic N) is 3. The Hall–Kier alpha value is -4.16. The second-order valence-electron chi connectivity index (χ2n) is 9.06. The molecule has 5 aromatic rings. The van der Waals surface area contributed by atoms with Gasteiger partial charge in [0.2, 0.25) is 5.89 Å². The van der Waals surface area contributed by atoms with E-state index in [0.717, 1.165) is 12.8 Å². The van der Waals surface area contributed by atoms with E-state index in [0.29, 0.717) is 34.4 Å². The fraction of sp³-hybridized carbons (Fsp3) is 0.296. The van der Waals surface area contributed by atoms with Gasteiger partial charge in [0.25, 0.3) is 5.56 Å². The lowest BCUT2D eigenvalue weighted by molar-refractivity contribution is -0.169. The van der Waals surface area contributed by atoms with Crippen molar-refractivity contribution >= 4 is 16.7 Å². The second-order valence-corrected chi connectivity index (χ2v) is 9.06. The van der Waals surface area contributed by atoms with Crippen molar-refractivity contribution in [1.29, 1.82) is 0 Å². The molecule has 1 fully saturated rings. The zero-order chi connectivity index (χ0) is 27.1. The quantitative estimate of drug-likeness (QED) is 0.300. The summed E-state index contributed by atoms with van der Waals surface area (Å²) in [6.07, 6.45) is -2.86. The van der Waals surface area contributed by atoms with Gasteiger partial charge in [-0.05, 0) is 37.0 Å². The molecule has 1 N–H and O–H groups in total. The molecule has 1 aliphatic heterocycles. The number of methoxy groups -OCH3 is 1. The van der Waals surface area contributed by atoms with Crippen LogP contribution in [-0.2, 0) is 22.3 Å². The molecular formula is C27H23F3N4O5. The van der Waals surface area contributed by atoms with E-state index in [-0.39, 0.29) is 40.5 Å². The van der Waals surface area contributed by atoms with Crippen LogP contribution in [0.4, 0.5) is 13.2 Å². The minimum absolute atomic E-state index is 0.104. The molecule has 0 amide bonds. The lowest BCUT2D eigenvalue weighted by Gasteiger charge is -2.23. The Kier molecular flexibility index (Phi) is 6.35. The molecule has 12 heteroatoms. The van der Waals surface area contributed by atoms with E-state index < -0.39 is 23.7 Å². The maximum atomic E-state index is 14.2. The molecule has 0 saturated carbocycles. The van der Waals surface area contributed by atoms with E-state index in [9.17, 15) is 18.0 Å². The van der Waals surface area contributed by atoms with Crippen LogP contribution in [0.1, 0.15) is 30.7 Å². The van der Waals surface area contributed by atoms with Crippen molar-refractivity contribution in [3.8, 4) is 28.3 Å². The van der Waals surface area contributed by atoms with Crippen LogP contribution in [0.5, 0.6) is 5.75 Å². The van der Waals surface area contributed by atoms with Crippen molar-refractivity contribution < 1.29 is 31.8 Å². The summed E-state index contributed by atoms with van der Waals surface area (Å²) in [6, 6.07) is 13.0. The number of rotatable bonds is 6. The van der Waals surface area contributed by atoms with Crippen molar-refractivity contribution in [3.63, 3.8) is 0 Å². The largest absolute Gasteiger partial charge is 0.494 e. The molecule has 1 saturated heterocycles. The van der Waals surface area contributed by atoms with Gasteiger partial charge in [0.15, 0.2) is 23.1 Å². The average molecular weight is 540 g/mol. The number of hydrogen-bond donors (Lipinski definition) is 1. The van der Waals surface area contributed by atoms with Crippen LogP contribution in [0.3, 0.4) is 0 Å². The van der Waals surface area contributed by atoms with Gasteiger partial charge in [0.05, 0.1) is 25.0 Å². The first-order valence-electron chi connectivity index (χ1n) is 12.3. The van der Waals surface area contributed by atoms with Crippen molar-refractivity contribution in [2.24, 2.45) is 0 Å². The topological polar surface area (TPSA) is 104 Å². The molecule has 1 aliphatic rings. The molecule has 6 rings (SSSR count). The van der Waals surface area contributed by atoms with Gasteiger partial charge in [-0.2, -0.15) is 22.8 Å². The summed E-state index contributed by atoms with van der Waals surface area (Å²) < 4.78 is 66.0. The summed E-state index contributed by atoms with van der Waals surface area (Å²) in [6.45, 7) is 0.371. The Bertz CT molecular complexity index is 1700. The van der Waals surface area contributed by atoms with Crippen molar-refractivity contribution in [2.75, 3.05) is 13.7 Å². The molecule has 0 aliphatic carbocycles. The molecule has 1 atom stereocenters. The fourth-order valence-electron chi connectivity index (χ4n) is 4.74. The van der Waals surface area contributed by atoms with Crippen molar-refractivity contribution in [1.82, 2.24) is 19.6 Å². The molecule has 9 nitrogen and oxygen atoms in total. The van der Waals surface area contributed by atoms with Crippen LogP contribution in [0.2, 0.25) is 0 Å². The number of alkyl halides is 3. The lowest BCUT2D eigenvalue weighted by atomic mass is 10.1. The fourth-order valence-corrected chi connectivity index (χ4v) is 4.74. The normalized spacial score (nSPS) is 16.3. The molecule has 0 bridgehead atoms. The molecule has 3 aromatic heterocycles. The third-order valence-electron chi connectivity index (χ3n) is 6.56. The number of nitrogens with one attached hydrogen (secondary N) is 1. The first-order chi connectivity index (χ1) is 18.8. The lowest BCUT2D eigenvalue weighted by Crippen LogP contribution is -2.25. The molecule has 1 unspecified atom stereocenters. The number of fused-ring (bicyclic) bond motifs is 2. The Morgan fingerprint density at radius 3 is 2.64 bits per heavy atom. The van der Waals surface area contributed by atoms with Crippen LogP contribution in [0.15, 0.2) is 57.7 Å². The summed E-state index contributed by atoms with van der Waals surface area (Å²) in [5.74, 6) is 0.310. The van der Waals surface area contributed by atoms with Gasteiger partial charge in [0, 0.05) is 6.61 Å². The second kappa shape index (κ2) is 9.86. The van der Waals surface area contributed by atoms with Gasteiger partial charge in [-0.25, -0.2) is 4.98 Å². The zero-order valence-corrected chi connectivity index (χ0v) is 20.7. The van der Waals surface area contributed by atoms with Gasteiger partial charge in [-0.15, -0.1) is 0 Å². The van der Waals surface area contributed by atoms with E-state index in [1.165, 1.54) is 19.2 Å². The predicted molar refractivity (Wildman–Crippen MR) is 134 cm³/mol. The maximum Gasteiger partial charge on any atom is 0.435 e. The van der Waals surface area contributed by atoms with Crippen molar-refractivity contribution in [2.45, 2.75) is 38.3 Å². The summed E-state index contributed by atoms with van der Waals surface area (Å²) >= 11 is 0. The van der Waals surface area contributed by atoms with E-state index in [1.807, 2.05) is 0 Å². The van der Waals surface area contributed by atoms with Crippen LogP contribution >= 0.6 is 0 Å². The molecule has 202 valence electrons. The molecule has 0 radical (unpaired) electrons. The number of aromatic nitrogens is 4. The summed E-state index contributed by atoms with van der Waals surface area (Å²) in [7, 11) is 1.47. The van der Waals surface area contributed by atoms with Crippen LogP contribution in [-0.4, -0.2) is 39.6 Å². The highest BCUT2D eigenvalue weighted by atomic mass is 19.4. The third kappa shape index (κ3) is 4.55. The number of H-pyrrole nitrogens is 1. The smallest absolute Gasteiger partial charge is 0.435 e. The van der Waals surface area contributed by atoms with E-state index in [4.69, 9.17) is 18.6 Å². The Morgan fingerprint density at radius 1 is 1.10 bits per heavy atom. The number of hydrogen-bond acceptors (Lipinski definition) is 7. The summed E-state index contributed by atoms with van der Waals surface area (Å²) in [5.41, 5.74) is -1.39. The highest BCUT2D eigenvalue weighted by Gasteiger charge is 2.40. The van der Waals surface area contributed by atoms with E-state index >= 15 is 0 Å². The molecule has 4 heterocycles.